The van der Waals surface area contributed by atoms with E-state index in [1.807, 2.05) is 32.9 Å². The van der Waals surface area contributed by atoms with E-state index in [4.69, 9.17) is 0 Å². The number of rotatable bonds is 6. The van der Waals surface area contributed by atoms with Crippen LogP contribution in [0.4, 0.5) is 4.79 Å². The van der Waals surface area contributed by atoms with Crippen molar-refractivity contribution in [2.45, 2.75) is 52.0 Å². The molecule has 32 heavy (non-hydrogen) atoms. The van der Waals surface area contributed by atoms with Crippen molar-refractivity contribution in [2.24, 2.45) is 5.92 Å². The molecule has 2 aliphatic rings. The lowest BCUT2D eigenvalue weighted by Crippen LogP contribution is -2.56. The molecule has 0 spiro atoms. The molecule has 2 saturated heterocycles. The van der Waals surface area contributed by atoms with Crippen LogP contribution >= 0.6 is 11.3 Å². The Balaban J connectivity index is 1.42. The largest absolute Gasteiger partial charge is 0.337 e. The topological polar surface area (TPSA) is 95.5 Å². The van der Waals surface area contributed by atoms with Crippen molar-refractivity contribution in [1.82, 2.24) is 25.1 Å². The van der Waals surface area contributed by atoms with E-state index in [-0.39, 0.29) is 23.8 Å². The zero-order valence-corrected chi connectivity index (χ0v) is 19.6. The first-order valence-corrected chi connectivity index (χ1v) is 12.0. The third kappa shape index (κ3) is 4.01. The summed E-state index contributed by atoms with van der Waals surface area (Å²) in [6.45, 7) is 7.20. The molecule has 0 aliphatic carbocycles. The molecular formula is C23H29N5O3S. The fourth-order valence-corrected chi connectivity index (χ4v) is 5.60. The summed E-state index contributed by atoms with van der Waals surface area (Å²) in [7, 11) is 0. The van der Waals surface area contributed by atoms with E-state index in [0.29, 0.717) is 51.0 Å². The number of hydrogen-bond acceptors (Lipinski definition) is 6. The molecule has 0 saturated carbocycles. The minimum atomic E-state index is -0.892. The van der Waals surface area contributed by atoms with E-state index in [0.717, 1.165) is 16.3 Å². The van der Waals surface area contributed by atoms with Gasteiger partial charge in [0.25, 0.3) is 11.8 Å². The maximum atomic E-state index is 13.4. The van der Waals surface area contributed by atoms with Gasteiger partial charge in [0.15, 0.2) is 0 Å². The van der Waals surface area contributed by atoms with Crippen LogP contribution in [0.3, 0.4) is 0 Å². The highest BCUT2D eigenvalue weighted by molar-refractivity contribution is 7.09. The van der Waals surface area contributed by atoms with Crippen molar-refractivity contribution >= 4 is 29.2 Å². The standard InChI is InChI=1S/C23H29N5O3S/c1-4-23(21(30)28(22(31)26-23)13-10-19-16(3)24-14-32-19)17-8-11-27(12-9-17)20(29)18-7-5-6-15(2)25-18/h5-7,14,17H,4,8-13H2,1-3H3,(H,26,31). The number of thiazole rings is 1. The van der Waals surface area contributed by atoms with Crippen molar-refractivity contribution in [3.63, 3.8) is 0 Å². The number of aromatic nitrogens is 2. The summed E-state index contributed by atoms with van der Waals surface area (Å²) in [6, 6.07) is 5.12. The molecule has 170 valence electrons. The third-order valence-electron chi connectivity index (χ3n) is 6.75. The lowest BCUT2D eigenvalue weighted by Gasteiger charge is -2.40. The Morgan fingerprint density at radius 3 is 2.62 bits per heavy atom. The monoisotopic (exact) mass is 455 g/mol. The fourth-order valence-electron chi connectivity index (χ4n) is 4.83. The average molecular weight is 456 g/mol. The quantitative estimate of drug-likeness (QED) is 0.676. The van der Waals surface area contributed by atoms with Crippen LogP contribution in [-0.2, 0) is 11.2 Å². The molecule has 4 heterocycles. The van der Waals surface area contributed by atoms with Crippen LogP contribution in [0.15, 0.2) is 23.7 Å². The average Bonchev–Trinajstić information content (AvgIpc) is 3.32. The maximum absolute atomic E-state index is 13.4. The van der Waals surface area contributed by atoms with Crippen molar-refractivity contribution in [3.8, 4) is 0 Å². The number of amides is 4. The van der Waals surface area contributed by atoms with Crippen molar-refractivity contribution in [1.29, 1.82) is 0 Å². The number of likely N-dealkylation sites (tertiary alicyclic amines) is 1. The number of nitrogens with one attached hydrogen (secondary N) is 1. The molecule has 0 aromatic carbocycles. The van der Waals surface area contributed by atoms with E-state index in [1.54, 1.807) is 27.8 Å². The number of imide groups is 1. The van der Waals surface area contributed by atoms with E-state index in [9.17, 15) is 14.4 Å². The number of carbonyl (C=O) groups is 3. The van der Waals surface area contributed by atoms with Crippen LogP contribution in [0.2, 0.25) is 0 Å². The molecule has 1 unspecified atom stereocenters. The minimum Gasteiger partial charge on any atom is -0.337 e. The number of hydrogen-bond donors (Lipinski definition) is 1. The maximum Gasteiger partial charge on any atom is 0.325 e. The summed E-state index contributed by atoms with van der Waals surface area (Å²) < 4.78 is 0. The molecule has 2 aromatic rings. The lowest BCUT2D eigenvalue weighted by atomic mass is 9.75. The Morgan fingerprint density at radius 1 is 1.25 bits per heavy atom. The van der Waals surface area contributed by atoms with Crippen molar-refractivity contribution in [2.75, 3.05) is 19.6 Å². The zero-order valence-electron chi connectivity index (χ0n) is 18.8. The zero-order chi connectivity index (χ0) is 22.9. The Bertz CT molecular complexity index is 1030. The van der Waals surface area contributed by atoms with Crippen LogP contribution < -0.4 is 5.32 Å². The Labute approximate surface area is 192 Å². The normalized spacial score (nSPS) is 21.8. The number of aryl methyl sites for hydroxylation is 2. The van der Waals surface area contributed by atoms with Gasteiger partial charge in [-0.15, -0.1) is 11.3 Å². The van der Waals surface area contributed by atoms with Crippen LogP contribution in [-0.4, -0.2) is 62.8 Å². The Kier molecular flexibility index (Phi) is 6.28. The first-order valence-electron chi connectivity index (χ1n) is 11.1. The summed E-state index contributed by atoms with van der Waals surface area (Å²) in [5.74, 6) is -0.230. The molecule has 2 aliphatic heterocycles. The van der Waals surface area contributed by atoms with Crippen LogP contribution in [0.5, 0.6) is 0 Å². The fraction of sp³-hybridized carbons (Fsp3) is 0.522. The van der Waals surface area contributed by atoms with Gasteiger partial charge in [-0.1, -0.05) is 13.0 Å². The molecular weight excluding hydrogens is 426 g/mol. The summed E-state index contributed by atoms with van der Waals surface area (Å²) in [4.78, 5) is 51.8. The second-order valence-electron chi connectivity index (χ2n) is 8.55. The number of piperidine rings is 1. The van der Waals surface area contributed by atoms with Gasteiger partial charge in [-0.25, -0.2) is 14.8 Å². The summed E-state index contributed by atoms with van der Waals surface area (Å²) in [6.07, 6.45) is 2.48. The van der Waals surface area contributed by atoms with Gasteiger partial charge in [0.1, 0.15) is 11.2 Å². The second-order valence-corrected chi connectivity index (χ2v) is 9.49. The molecule has 2 aromatic heterocycles. The van der Waals surface area contributed by atoms with Gasteiger partial charge < -0.3 is 10.2 Å². The number of nitrogens with zero attached hydrogens (tertiary/aromatic N) is 4. The van der Waals surface area contributed by atoms with E-state index >= 15 is 0 Å². The number of urea groups is 1. The molecule has 0 radical (unpaired) electrons. The molecule has 4 amide bonds. The summed E-state index contributed by atoms with van der Waals surface area (Å²) >= 11 is 1.55. The smallest absolute Gasteiger partial charge is 0.325 e. The SMILES string of the molecule is CCC1(C2CCN(C(=O)c3cccc(C)n3)CC2)NC(=O)N(CCc2scnc2C)C1=O. The Hall–Kier alpha value is -2.81. The predicted octanol–water partition coefficient (Wildman–Crippen LogP) is 2.95. The first kappa shape index (κ1) is 22.4. The van der Waals surface area contributed by atoms with E-state index in [1.165, 1.54) is 4.90 Å². The first-order chi connectivity index (χ1) is 15.4. The summed E-state index contributed by atoms with van der Waals surface area (Å²) in [5, 5.41) is 3.02. The highest BCUT2D eigenvalue weighted by Gasteiger charge is 2.54. The van der Waals surface area contributed by atoms with Gasteiger partial charge in [0.2, 0.25) is 0 Å². The molecule has 9 heteroatoms. The molecule has 2 fully saturated rings. The number of carbonyl (C=O) groups excluding carboxylic acids is 3. The van der Waals surface area contributed by atoms with Crippen molar-refractivity contribution < 1.29 is 14.4 Å². The molecule has 1 N–H and O–H groups in total. The van der Waals surface area contributed by atoms with Crippen LogP contribution in [0, 0.1) is 19.8 Å². The van der Waals surface area contributed by atoms with Crippen LogP contribution in [0.1, 0.15) is 52.9 Å². The van der Waals surface area contributed by atoms with E-state index in [2.05, 4.69) is 15.3 Å². The predicted molar refractivity (Wildman–Crippen MR) is 121 cm³/mol. The van der Waals surface area contributed by atoms with Gasteiger partial charge in [-0.05, 0) is 51.2 Å². The molecule has 8 nitrogen and oxygen atoms in total. The van der Waals surface area contributed by atoms with E-state index < -0.39 is 5.54 Å². The molecule has 1 atom stereocenters. The minimum absolute atomic E-state index is 0.00592. The molecule has 4 rings (SSSR count). The second kappa shape index (κ2) is 8.97. The van der Waals surface area contributed by atoms with Gasteiger partial charge in [-0.2, -0.15) is 0 Å². The van der Waals surface area contributed by atoms with Gasteiger partial charge in [0, 0.05) is 36.6 Å². The highest BCUT2D eigenvalue weighted by Crippen LogP contribution is 2.36. The van der Waals surface area contributed by atoms with Gasteiger partial charge in [-0.3, -0.25) is 14.5 Å². The van der Waals surface area contributed by atoms with Gasteiger partial charge >= 0.3 is 6.03 Å². The highest BCUT2D eigenvalue weighted by atomic mass is 32.1. The Morgan fingerprint density at radius 2 is 2.00 bits per heavy atom. The summed E-state index contributed by atoms with van der Waals surface area (Å²) in [5.41, 5.74) is 3.10. The number of pyridine rings is 1. The van der Waals surface area contributed by atoms with Gasteiger partial charge in [0.05, 0.1) is 11.2 Å². The molecule has 0 bridgehead atoms. The van der Waals surface area contributed by atoms with Crippen LogP contribution in [0.25, 0.3) is 0 Å². The van der Waals surface area contributed by atoms with Crippen molar-refractivity contribution in [3.05, 3.63) is 45.7 Å². The lowest BCUT2D eigenvalue weighted by molar-refractivity contribution is -0.134. The third-order valence-corrected chi connectivity index (χ3v) is 7.75.